The number of hydrogen-bond donors (Lipinski definition) is 1. The van der Waals surface area contributed by atoms with Gasteiger partial charge in [-0.3, -0.25) is 9.36 Å². The van der Waals surface area contributed by atoms with Gasteiger partial charge >= 0.3 is 12.1 Å². The Morgan fingerprint density at radius 3 is 2.46 bits per heavy atom. The molecule has 0 amide bonds. The third kappa shape index (κ3) is 4.58. The fraction of sp³-hybridized carbons (Fsp3) is 0.679. The van der Waals surface area contributed by atoms with Crippen LogP contribution in [-0.4, -0.2) is 55.6 Å². The number of aryl methyl sites for hydroxylation is 1. The quantitative estimate of drug-likeness (QED) is 0.428. The Hall–Kier alpha value is -3.39. The summed E-state index contributed by atoms with van der Waals surface area (Å²) in [5.74, 6) is 4.38. The zero-order chi connectivity index (χ0) is 27.5. The number of aromatic nitrogens is 4. The van der Waals surface area contributed by atoms with E-state index in [2.05, 4.69) is 20.9 Å². The number of anilines is 1. The first-order valence-electron chi connectivity index (χ1n) is 13.8. The highest BCUT2D eigenvalue weighted by atomic mass is 16.7. The van der Waals surface area contributed by atoms with Gasteiger partial charge in [0.1, 0.15) is 35.9 Å². The molecule has 0 radical (unpaired) electrons. The zero-order valence-corrected chi connectivity index (χ0v) is 22.6. The van der Waals surface area contributed by atoms with E-state index >= 15 is 0 Å². The second-order valence-corrected chi connectivity index (χ2v) is 12.1. The number of carbonyl (C=O) groups is 2. The third-order valence-corrected chi connectivity index (χ3v) is 8.81. The van der Waals surface area contributed by atoms with Crippen molar-refractivity contribution >= 4 is 29.1 Å². The number of ether oxygens (including phenoxy) is 4. The van der Waals surface area contributed by atoms with Crippen molar-refractivity contribution in [2.45, 2.75) is 89.3 Å². The van der Waals surface area contributed by atoms with Crippen LogP contribution in [0, 0.1) is 42.9 Å². The molecule has 208 valence electrons. The van der Waals surface area contributed by atoms with E-state index in [1.54, 1.807) is 25.3 Å². The molecule has 2 N–H and O–H groups in total. The van der Waals surface area contributed by atoms with Gasteiger partial charge in [-0.1, -0.05) is 19.8 Å². The molecule has 11 heteroatoms. The standard InChI is InChI=1S/C28H35N5O6/c1-5-28(13-36-26(35)39-27-10-17-6-18(11-27)8-19(7-17)12-27)20(37-25(34)15(2)3)9-21(38-28)33-14-30-22-23(29)31-16(4)32-24(22)33/h1,14-15,17-21H,6-13H2,2-4H3,(H2,29,31,32)/t17?,18?,19?,20-,21+,27?,28+/m0/s1. The number of nitrogen functional groups attached to an aromatic ring is 1. The fourth-order valence-electron chi connectivity index (χ4n) is 7.42. The highest BCUT2D eigenvalue weighted by molar-refractivity contribution is 5.81. The molecule has 1 saturated heterocycles. The maximum Gasteiger partial charge on any atom is 0.508 e. The van der Waals surface area contributed by atoms with Gasteiger partial charge in [-0.2, -0.15) is 0 Å². The number of rotatable bonds is 6. The van der Waals surface area contributed by atoms with Gasteiger partial charge < -0.3 is 24.7 Å². The number of fused-ring (bicyclic) bond motifs is 1. The van der Waals surface area contributed by atoms with Crippen molar-refractivity contribution in [1.29, 1.82) is 0 Å². The van der Waals surface area contributed by atoms with Crippen molar-refractivity contribution in [3.63, 3.8) is 0 Å². The number of carbonyl (C=O) groups excluding carboxylic acids is 2. The number of imidazole rings is 1. The van der Waals surface area contributed by atoms with Gasteiger partial charge in [0, 0.05) is 6.42 Å². The number of terminal acetylenes is 1. The molecular formula is C28H35N5O6. The predicted octanol–water partition coefficient (Wildman–Crippen LogP) is 3.70. The molecule has 3 atom stereocenters. The lowest BCUT2D eigenvalue weighted by molar-refractivity contribution is -0.167. The van der Waals surface area contributed by atoms with Crippen molar-refractivity contribution in [2.24, 2.45) is 23.7 Å². The van der Waals surface area contributed by atoms with E-state index in [1.807, 2.05) is 0 Å². The minimum absolute atomic E-state index is 0.199. The summed E-state index contributed by atoms with van der Waals surface area (Å²) in [6, 6.07) is 0. The molecule has 0 unspecified atom stereocenters. The van der Waals surface area contributed by atoms with E-state index < -0.39 is 35.7 Å². The van der Waals surface area contributed by atoms with E-state index in [1.165, 1.54) is 25.6 Å². The largest absolute Gasteiger partial charge is 0.508 e. The zero-order valence-electron chi connectivity index (χ0n) is 22.6. The first-order valence-corrected chi connectivity index (χ1v) is 13.8. The molecule has 4 bridgehead atoms. The topological polar surface area (TPSA) is 141 Å². The Morgan fingerprint density at radius 2 is 1.85 bits per heavy atom. The van der Waals surface area contributed by atoms with Crippen LogP contribution in [0.3, 0.4) is 0 Å². The summed E-state index contributed by atoms with van der Waals surface area (Å²) in [6.45, 7) is 4.87. The molecule has 2 aromatic rings. The molecule has 3 heterocycles. The molecular weight excluding hydrogens is 502 g/mol. The minimum atomic E-state index is -1.53. The van der Waals surface area contributed by atoms with Gasteiger partial charge in [0.15, 0.2) is 11.5 Å². The summed E-state index contributed by atoms with van der Waals surface area (Å²) < 4.78 is 25.5. The lowest BCUT2D eigenvalue weighted by Gasteiger charge is -2.55. The Labute approximate surface area is 227 Å². The molecule has 2 aromatic heterocycles. The molecule has 4 saturated carbocycles. The van der Waals surface area contributed by atoms with Crippen molar-refractivity contribution in [3.8, 4) is 12.3 Å². The SMILES string of the molecule is C#C[C@]1(COC(=O)OC23CC4CC(CC(C4)C2)C3)O[C@@H](n2cnc3c(N)nc(C)nc32)C[C@@H]1OC(=O)C(C)C. The van der Waals surface area contributed by atoms with Gasteiger partial charge in [0.05, 0.1) is 12.2 Å². The molecule has 7 rings (SSSR count). The Kier molecular flexibility index (Phi) is 6.21. The van der Waals surface area contributed by atoms with Crippen LogP contribution in [-0.2, 0) is 23.7 Å². The molecule has 0 aromatic carbocycles. The van der Waals surface area contributed by atoms with Crippen LogP contribution in [0.2, 0.25) is 0 Å². The molecule has 1 aliphatic heterocycles. The predicted molar refractivity (Wildman–Crippen MR) is 139 cm³/mol. The van der Waals surface area contributed by atoms with E-state index in [4.69, 9.17) is 31.1 Å². The van der Waals surface area contributed by atoms with Crippen LogP contribution in [0.15, 0.2) is 6.33 Å². The second kappa shape index (κ2) is 9.37. The van der Waals surface area contributed by atoms with Crippen LogP contribution in [0.1, 0.15) is 70.8 Å². The highest BCUT2D eigenvalue weighted by Crippen LogP contribution is 2.57. The summed E-state index contributed by atoms with van der Waals surface area (Å²) in [7, 11) is 0. The van der Waals surface area contributed by atoms with Crippen LogP contribution < -0.4 is 5.73 Å². The van der Waals surface area contributed by atoms with Gasteiger partial charge in [-0.25, -0.2) is 19.7 Å². The summed E-state index contributed by atoms with van der Waals surface area (Å²) in [5, 5.41) is 0. The summed E-state index contributed by atoms with van der Waals surface area (Å²) in [5.41, 5.74) is 4.95. The van der Waals surface area contributed by atoms with Gasteiger partial charge in [0.2, 0.25) is 5.60 Å². The summed E-state index contributed by atoms with van der Waals surface area (Å²) in [4.78, 5) is 38.6. The van der Waals surface area contributed by atoms with E-state index in [-0.39, 0.29) is 24.8 Å². The van der Waals surface area contributed by atoms with Crippen molar-refractivity contribution in [2.75, 3.05) is 12.3 Å². The number of nitrogens with zero attached hydrogens (tertiary/aromatic N) is 4. The smallest absolute Gasteiger partial charge is 0.458 e. The maximum atomic E-state index is 13.0. The van der Waals surface area contributed by atoms with Gasteiger partial charge in [0.25, 0.3) is 0 Å². The first kappa shape index (κ1) is 25.9. The highest BCUT2D eigenvalue weighted by Gasteiger charge is 2.55. The lowest BCUT2D eigenvalue weighted by atomic mass is 9.54. The number of esters is 1. The molecule has 5 fully saturated rings. The average Bonchev–Trinajstić information content (AvgIpc) is 3.43. The summed E-state index contributed by atoms with van der Waals surface area (Å²) >= 11 is 0. The van der Waals surface area contributed by atoms with Gasteiger partial charge in [-0.15, -0.1) is 6.42 Å². The first-order chi connectivity index (χ1) is 18.6. The van der Waals surface area contributed by atoms with Crippen LogP contribution >= 0.6 is 0 Å². The van der Waals surface area contributed by atoms with Crippen LogP contribution in [0.5, 0.6) is 0 Å². The second-order valence-electron chi connectivity index (χ2n) is 12.1. The molecule has 11 nitrogen and oxygen atoms in total. The lowest BCUT2D eigenvalue weighted by Crippen LogP contribution is -2.53. The van der Waals surface area contributed by atoms with Crippen LogP contribution in [0.25, 0.3) is 11.2 Å². The fourth-order valence-corrected chi connectivity index (χ4v) is 7.42. The van der Waals surface area contributed by atoms with Crippen molar-refractivity contribution < 1.29 is 28.5 Å². The molecule has 0 spiro atoms. The molecule has 39 heavy (non-hydrogen) atoms. The van der Waals surface area contributed by atoms with E-state index in [9.17, 15) is 9.59 Å². The summed E-state index contributed by atoms with van der Waals surface area (Å²) in [6.07, 6.45) is 11.7. The number of hydrogen-bond acceptors (Lipinski definition) is 10. The van der Waals surface area contributed by atoms with E-state index in [0.717, 1.165) is 19.3 Å². The van der Waals surface area contributed by atoms with Gasteiger partial charge in [-0.05, 0) is 63.2 Å². The minimum Gasteiger partial charge on any atom is -0.458 e. The van der Waals surface area contributed by atoms with E-state index in [0.29, 0.717) is 34.7 Å². The Bertz CT molecular complexity index is 1310. The molecule has 5 aliphatic rings. The average molecular weight is 538 g/mol. The van der Waals surface area contributed by atoms with Crippen molar-refractivity contribution in [3.05, 3.63) is 12.2 Å². The van der Waals surface area contributed by atoms with Crippen LogP contribution in [0.4, 0.5) is 10.6 Å². The Morgan fingerprint density at radius 1 is 1.18 bits per heavy atom. The number of nitrogens with two attached hydrogens (primary N) is 1. The maximum absolute atomic E-state index is 13.0. The normalized spacial score (nSPS) is 34.8. The molecule has 4 aliphatic carbocycles. The Balaban J connectivity index is 1.22. The third-order valence-electron chi connectivity index (χ3n) is 8.81. The van der Waals surface area contributed by atoms with Crippen molar-refractivity contribution in [1.82, 2.24) is 19.5 Å². The monoisotopic (exact) mass is 537 g/mol.